The van der Waals surface area contributed by atoms with E-state index in [1.54, 1.807) is 0 Å². The molecule has 184 valence electrons. The molecule has 0 unspecified atom stereocenters. The second-order valence-electron chi connectivity index (χ2n) is 9.87. The molecule has 0 radical (unpaired) electrons. The van der Waals surface area contributed by atoms with Crippen LogP contribution in [-0.2, 0) is 0 Å². The molecule has 0 aliphatic rings. The number of anilines is 3. The lowest BCUT2D eigenvalue weighted by molar-refractivity contribution is 1.29. The Kier molecular flexibility index (Phi) is 5.04. The molecule has 0 saturated carbocycles. The Labute approximate surface area is 230 Å². The number of fused-ring (bicyclic) bond motifs is 6. The largest absolute Gasteiger partial charge is 0.354 e. The Balaban J connectivity index is 1.34. The molecule has 6 aromatic carbocycles. The fourth-order valence-corrected chi connectivity index (χ4v) is 7.06. The van der Waals surface area contributed by atoms with Crippen LogP contribution in [0, 0.1) is 0 Å². The van der Waals surface area contributed by atoms with Crippen LogP contribution in [0.3, 0.4) is 0 Å². The van der Waals surface area contributed by atoms with Gasteiger partial charge in [-0.1, -0.05) is 91.0 Å². The lowest BCUT2D eigenvalue weighted by atomic mass is 10.00. The molecule has 1 N–H and O–H groups in total. The topological polar surface area (TPSA) is 19.0 Å². The average Bonchev–Trinajstić information content (AvgIpc) is 3.57. The molecule has 0 fully saturated rings. The van der Waals surface area contributed by atoms with Gasteiger partial charge in [0.15, 0.2) is 0 Å². The van der Waals surface area contributed by atoms with Crippen LogP contribution in [0.2, 0.25) is 0 Å². The van der Waals surface area contributed by atoms with Crippen LogP contribution >= 0.6 is 11.3 Å². The first-order valence-corrected chi connectivity index (χ1v) is 14.0. The number of aromatic nitrogens is 1. The van der Waals surface area contributed by atoms with Crippen molar-refractivity contribution in [2.24, 2.45) is 0 Å². The van der Waals surface area contributed by atoms with Crippen molar-refractivity contribution in [3.05, 3.63) is 140 Å². The van der Waals surface area contributed by atoms with Crippen LogP contribution in [0.5, 0.6) is 0 Å². The van der Waals surface area contributed by atoms with E-state index >= 15 is 0 Å². The monoisotopic (exact) mass is 516 g/mol. The maximum absolute atomic E-state index is 3.78. The zero-order valence-corrected chi connectivity index (χ0v) is 22.0. The van der Waals surface area contributed by atoms with Crippen LogP contribution in [0.1, 0.15) is 0 Å². The number of H-pyrrole nitrogens is 1. The van der Waals surface area contributed by atoms with Gasteiger partial charge in [-0.3, -0.25) is 0 Å². The lowest BCUT2D eigenvalue weighted by Crippen LogP contribution is -2.09. The minimum Gasteiger partial charge on any atom is -0.354 e. The third kappa shape index (κ3) is 3.55. The molecule has 8 rings (SSSR count). The molecule has 0 atom stereocenters. The minimum absolute atomic E-state index is 1.14. The van der Waals surface area contributed by atoms with E-state index in [-0.39, 0.29) is 0 Å². The van der Waals surface area contributed by atoms with Crippen molar-refractivity contribution in [2.75, 3.05) is 4.90 Å². The number of aromatic amines is 1. The number of benzene rings is 6. The van der Waals surface area contributed by atoms with E-state index in [0.29, 0.717) is 0 Å². The summed E-state index contributed by atoms with van der Waals surface area (Å²) in [5, 5.41) is 5.12. The van der Waals surface area contributed by atoms with E-state index < -0.39 is 0 Å². The van der Waals surface area contributed by atoms with E-state index in [0.717, 1.165) is 22.6 Å². The van der Waals surface area contributed by atoms with Gasteiger partial charge in [0.2, 0.25) is 0 Å². The summed E-state index contributed by atoms with van der Waals surface area (Å²) < 4.78 is 2.67. The van der Waals surface area contributed by atoms with Crippen molar-refractivity contribution >= 4 is 70.4 Å². The molecule has 0 amide bonds. The van der Waals surface area contributed by atoms with Gasteiger partial charge in [-0.05, 0) is 48.5 Å². The molecule has 2 nitrogen and oxygen atoms in total. The van der Waals surface area contributed by atoms with Crippen molar-refractivity contribution in [2.45, 2.75) is 0 Å². The van der Waals surface area contributed by atoms with Crippen molar-refractivity contribution in [1.82, 2.24) is 4.98 Å². The van der Waals surface area contributed by atoms with Crippen LogP contribution in [0.25, 0.3) is 53.1 Å². The van der Waals surface area contributed by atoms with Crippen LogP contribution in [0.15, 0.2) is 140 Å². The molecule has 0 aliphatic carbocycles. The molecule has 0 spiro atoms. The Hall–Kier alpha value is -4.86. The maximum Gasteiger partial charge on any atom is 0.0545 e. The van der Waals surface area contributed by atoms with Gasteiger partial charge in [0.05, 0.1) is 5.52 Å². The highest BCUT2D eigenvalue weighted by molar-refractivity contribution is 7.26. The molecule has 39 heavy (non-hydrogen) atoms. The zero-order chi connectivity index (χ0) is 25.8. The molecule has 3 heteroatoms. The Bertz CT molecular complexity index is 2080. The quantitative estimate of drug-likeness (QED) is 0.246. The van der Waals surface area contributed by atoms with E-state index in [1.807, 2.05) is 11.3 Å². The Morgan fingerprint density at radius 1 is 0.462 bits per heavy atom. The van der Waals surface area contributed by atoms with E-state index in [9.17, 15) is 0 Å². The third-order valence-electron chi connectivity index (χ3n) is 7.60. The van der Waals surface area contributed by atoms with Crippen LogP contribution in [-0.4, -0.2) is 4.98 Å². The average molecular weight is 517 g/mol. The van der Waals surface area contributed by atoms with Gasteiger partial charge in [0.1, 0.15) is 0 Å². The first kappa shape index (κ1) is 22.2. The lowest BCUT2D eigenvalue weighted by Gasteiger charge is -2.25. The van der Waals surface area contributed by atoms with Gasteiger partial charge < -0.3 is 9.88 Å². The second kappa shape index (κ2) is 8.87. The van der Waals surface area contributed by atoms with E-state index in [2.05, 4.69) is 149 Å². The molecule has 0 saturated heterocycles. The third-order valence-corrected chi connectivity index (χ3v) is 8.82. The highest BCUT2D eigenvalue weighted by atomic mass is 32.1. The number of thiophene rings is 1. The summed E-state index contributed by atoms with van der Waals surface area (Å²) in [6.45, 7) is 0. The second-order valence-corrected chi connectivity index (χ2v) is 10.9. The first-order chi connectivity index (χ1) is 19.3. The molecule has 2 heterocycles. The first-order valence-electron chi connectivity index (χ1n) is 13.2. The van der Waals surface area contributed by atoms with Gasteiger partial charge in [-0.15, -0.1) is 11.3 Å². The molecule has 8 aromatic rings. The molecular weight excluding hydrogens is 492 g/mol. The summed E-state index contributed by atoms with van der Waals surface area (Å²) in [5.74, 6) is 0. The van der Waals surface area contributed by atoms with Crippen molar-refractivity contribution in [1.29, 1.82) is 0 Å². The van der Waals surface area contributed by atoms with Crippen molar-refractivity contribution in [3.8, 4) is 11.1 Å². The molecule has 2 aromatic heterocycles. The van der Waals surface area contributed by atoms with Crippen LogP contribution in [0.4, 0.5) is 17.1 Å². The molecule has 0 bridgehead atoms. The predicted octanol–water partition coefficient (Wildman–Crippen LogP) is 10.8. The number of hydrogen-bond acceptors (Lipinski definition) is 2. The summed E-state index contributed by atoms with van der Waals surface area (Å²) in [7, 11) is 0. The summed E-state index contributed by atoms with van der Waals surface area (Å²) in [6, 6.07) is 50.0. The van der Waals surface area contributed by atoms with Gasteiger partial charge in [-0.25, -0.2) is 0 Å². The fourth-order valence-electron chi connectivity index (χ4n) is 5.83. The molecule has 0 aliphatic heterocycles. The van der Waals surface area contributed by atoms with Crippen LogP contribution < -0.4 is 4.90 Å². The minimum atomic E-state index is 1.14. The summed E-state index contributed by atoms with van der Waals surface area (Å²) in [4.78, 5) is 6.09. The van der Waals surface area contributed by atoms with Gasteiger partial charge in [-0.2, -0.15) is 0 Å². The highest BCUT2D eigenvalue weighted by Crippen LogP contribution is 2.43. The van der Waals surface area contributed by atoms with Crippen molar-refractivity contribution < 1.29 is 0 Å². The van der Waals surface area contributed by atoms with E-state index in [4.69, 9.17) is 0 Å². The Morgan fingerprint density at radius 2 is 1.10 bits per heavy atom. The standard InChI is InChI=1S/C36H24N2S/c1-3-11-24(12-4-1)38(25-13-5-2-6-14-25)26-21-22-33-32(23-26)29-17-9-16-28(35(29)37-33)31-19-10-18-30-27-15-7-8-20-34(27)39-36(30)31/h1-23,37H. The number of nitrogens with zero attached hydrogens (tertiary/aromatic N) is 1. The maximum atomic E-state index is 3.78. The van der Waals surface area contributed by atoms with E-state index in [1.165, 1.54) is 47.6 Å². The number of hydrogen-bond donors (Lipinski definition) is 1. The van der Waals surface area contributed by atoms with Crippen molar-refractivity contribution in [3.63, 3.8) is 0 Å². The van der Waals surface area contributed by atoms with Gasteiger partial charge in [0, 0.05) is 64.7 Å². The smallest absolute Gasteiger partial charge is 0.0545 e. The normalized spacial score (nSPS) is 11.6. The number of rotatable bonds is 4. The summed E-state index contributed by atoms with van der Waals surface area (Å²) >= 11 is 1.88. The zero-order valence-electron chi connectivity index (χ0n) is 21.1. The Morgan fingerprint density at radius 3 is 1.87 bits per heavy atom. The molecular formula is C36H24N2S. The number of nitrogens with one attached hydrogen (secondary N) is 1. The SMILES string of the molecule is c1ccc(N(c2ccccc2)c2ccc3[nH]c4c(-c5cccc6c5sc5ccccc56)cccc4c3c2)cc1. The fraction of sp³-hybridized carbons (Fsp3) is 0. The van der Waals surface area contributed by atoms with Gasteiger partial charge >= 0.3 is 0 Å². The van der Waals surface area contributed by atoms with Gasteiger partial charge in [0.25, 0.3) is 0 Å². The summed E-state index contributed by atoms with van der Waals surface area (Å²) in [6.07, 6.45) is 0. The predicted molar refractivity (Wildman–Crippen MR) is 169 cm³/mol. The number of para-hydroxylation sites is 3. The summed E-state index contributed by atoms with van der Waals surface area (Å²) in [5.41, 5.74) is 8.26. The highest BCUT2D eigenvalue weighted by Gasteiger charge is 2.17.